The van der Waals surface area contributed by atoms with Gasteiger partial charge in [0.2, 0.25) is 5.82 Å². The molecule has 35 heavy (non-hydrogen) atoms. The van der Waals surface area contributed by atoms with E-state index in [9.17, 15) is 40.5 Å². The Bertz CT molecular complexity index is 1450. The number of hydrogen-bond acceptors (Lipinski definition) is 6. The lowest BCUT2D eigenvalue weighted by molar-refractivity contribution is -0.385. The summed E-state index contributed by atoms with van der Waals surface area (Å²) in [4.78, 5) is 9.65. The minimum Gasteiger partial charge on any atom is -0.279 e. The van der Waals surface area contributed by atoms with Crippen molar-refractivity contribution in [2.45, 2.75) is 18.7 Å². The molecule has 2 N–H and O–H groups in total. The monoisotopic (exact) mass is 514 g/mol. The highest BCUT2D eigenvalue weighted by Crippen LogP contribution is 2.29. The Kier molecular flexibility index (Phi) is 7.05. The summed E-state index contributed by atoms with van der Waals surface area (Å²) in [5, 5.41) is 14.5. The molecule has 0 aliphatic rings. The third-order valence-electron chi connectivity index (χ3n) is 4.71. The van der Waals surface area contributed by atoms with E-state index < -0.39 is 60.2 Å². The van der Waals surface area contributed by atoms with Crippen molar-refractivity contribution in [1.29, 1.82) is 0 Å². The number of hydrogen-bond donors (Lipinski definition) is 2. The molecular formula is C21H15F5N4O4S. The third-order valence-corrected chi connectivity index (χ3v) is 6.12. The number of nitro groups is 1. The van der Waals surface area contributed by atoms with E-state index in [-0.39, 0.29) is 17.6 Å². The first-order chi connectivity index (χ1) is 16.3. The van der Waals surface area contributed by atoms with Crippen LogP contribution in [0.4, 0.5) is 39.0 Å². The van der Waals surface area contributed by atoms with Crippen LogP contribution in [0.3, 0.4) is 0 Å². The van der Waals surface area contributed by atoms with Gasteiger partial charge in [-0.05, 0) is 31.5 Å². The summed E-state index contributed by atoms with van der Waals surface area (Å²) in [5.74, 6) is -11.0. The highest BCUT2D eigenvalue weighted by atomic mass is 32.2. The average molecular weight is 514 g/mol. The van der Waals surface area contributed by atoms with E-state index in [0.29, 0.717) is 11.6 Å². The van der Waals surface area contributed by atoms with Gasteiger partial charge in [0.05, 0.1) is 28.1 Å². The van der Waals surface area contributed by atoms with Gasteiger partial charge in [0.15, 0.2) is 23.3 Å². The maximum absolute atomic E-state index is 13.8. The highest BCUT2D eigenvalue weighted by Gasteiger charge is 2.26. The summed E-state index contributed by atoms with van der Waals surface area (Å²) in [6.07, 6.45) is 0.256. The van der Waals surface area contributed by atoms with Gasteiger partial charge in [-0.2, -0.15) is 5.10 Å². The number of sulfonamides is 1. The van der Waals surface area contributed by atoms with Gasteiger partial charge in [0.1, 0.15) is 4.90 Å². The van der Waals surface area contributed by atoms with Gasteiger partial charge in [-0.3, -0.25) is 20.3 Å². The fourth-order valence-corrected chi connectivity index (χ4v) is 4.28. The molecule has 14 heteroatoms. The normalized spacial score (nSPS) is 11.6. The topological polar surface area (TPSA) is 114 Å². The van der Waals surface area contributed by atoms with Crippen LogP contribution < -0.4 is 10.1 Å². The maximum Gasteiger partial charge on any atom is 0.270 e. The van der Waals surface area contributed by atoms with E-state index in [4.69, 9.17) is 0 Å². The number of hydrazone groups is 1. The zero-order valence-electron chi connectivity index (χ0n) is 17.9. The molecule has 0 aromatic heterocycles. The molecule has 0 unspecified atom stereocenters. The molecule has 8 nitrogen and oxygen atoms in total. The van der Waals surface area contributed by atoms with Crippen LogP contribution in [0.15, 0.2) is 46.4 Å². The number of rotatable bonds is 7. The number of aryl methyl sites for hydroxylation is 2. The Labute approximate surface area is 195 Å². The van der Waals surface area contributed by atoms with E-state index in [1.165, 1.54) is 6.07 Å². The molecule has 0 amide bonds. The highest BCUT2D eigenvalue weighted by molar-refractivity contribution is 7.92. The van der Waals surface area contributed by atoms with Crippen molar-refractivity contribution in [3.63, 3.8) is 0 Å². The average Bonchev–Trinajstić information content (AvgIpc) is 2.80. The van der Waals surface area contributed by atoms with Crippen LogP contribution in [-0.2, 0) is 10.0 Å². The molecule has 0 saturated heterocycles. The van der Waals surface area contributed by atoms with E-state index in [0.717, 1.165) is 17.7 Å². The zero-order valence-corrected chi connectivity index (χ0v) is 18.7. The predicted molar refractivity (Wildman–Crippen MR) is 117 cm³/mol. The van der Waals surface area contributed by atoms with Gasteiger partial charge in [0, 0.05) is 12.1 Å². The Balaban J connectivity index is 2.02. The lowest BCUT2D eigenvalue weighted by Gasteiger charge is -2.14. The molecule has 0 aliphatic carbocycles. The first kappa shape index (κ1) is 25.6. The third kappa shape index (κ3) is 5.21. The molecular weight excluding hydrogens is 499 g/mol. The molecule has 0 bridgehead atoms. The molecule has 0 aliphatic heterocycles. The van der Waals surface area contributed by atoms with E-state index >= 15 is 0 Å². The van der Waals surface area contributed by atoms with Gasteiger partial charge >= 0.3 is 0 Å². The maximum atomic E-state index is 13.8. The van der Waals surface area contributed by atoms with Crippen LogP contribution in [0.1, 0.15) is 16.7 Å². The Morgan fingerprint density at radius 1 is 0.886 bits per heavy atom. The summed E-state index contributed by atoms with van der Waals surface area (Å²) in [7, 11) is -4.47. The van der Waals surface area contributed by atoms with E-state index in [1.54, 1.807) is 26.0 Å². The van der Waals surface area contributed by atoms with Crippen LogP contribution >= 0.6 is 0 Å². The smallest absolute Gasteiger partial charge is 0.270 e. The second kappa shape index (κ2) is 9.66. The number of benzene rings is 3. The second-order valence-corrected chi connectivity index (χ2v) is 8.87. The fraction of sp³-hybridized carbons (Fsp3) is 0.0952. The molecule has 0 heterocycles. The summed E-state index contributed by atoms with van der Waals surface area (Å²) < 4.78 is 95.9. The molecule has 0 fully saturated rings. The number of nitro benzene ring substituents is 1. The number of nitrogens with zero attached hydrogens (tertiary/aromatic N) is 2. The molecule has 0 spiro atoms. The SMILES string of the molecule is Cc1ccc(NS(=O)(=O)c2cc([N+](=O)[O-])ccc2N/N=C/c2c(F)c(F)c(F)c(F)c2F)c(C)c1. The van der Waals surface area contributed by atoms with Gasteiger partial charge < -0.3 is 0 Å². The van der Waals surface area contributed by atoms with Crippen LogP contribution in [0.2, 0.25) is 0 Å². The van der Waals surface area contributed by atoms with Crippen LogP contribution in [-0.4, -0.2) is 19.6 Å². The van der Waals surface area contributed by atoms with Gasteiger partial charge in [-0.25, -0.2) is 30.4 Å². The van der Waals surface area contributed by atoms with Gasteiger partial charge in [-0.1, -0.05) is 17.7 Å². The molecule has 3 rings (SSSR count). The van der Waals surface area contributed by atoms with Crippen molar-refractivity contribution >= 4 is 33.3 Å². The number of non-ortho nitro benzene ring substituents is 1. The van der Waals surface area contributed by atoms with Crippen molar-refractivity contribution in [3.8, 4) is 0 Å². The lowest BCUT2D eigenvalue weighted by Crippen LogP contribution is -2.16. The van der Waals surface area contributed by atoms with Crippen molar-refractivity contribution < 1.29 is 35.3 Å². The molecule has 3 aromatic rings. The number of nitrogens with one attached hydrogen (secondary N) is 2. The minimum absolute atomic E-state index is 0.179. The first-order valence-electron chi connectivity index (χ1n) is 9.52. The van der Waals surface area contributed by atoms with Crippen LogP contribution in [0.25, 0.3) is 0 Å². The summed E-state index contributed by atoms with van der Waals surface area (Å²) in [6.45, 7) is 3.42. The minimum atomic E-state index is -4.47. The van der Waals surface area contributed by atoms with E-state index in [1.807, 2.05) is 0 Å². The number of halogens is 5. The van der Waals surface area contributed by atoms with E-state index in [2.05, 4.69) is 15.2 Å². The van der Waals surface area contributed by atoms with Crippen molar-refractivity contribution in [1.82, 2.24) is 0 Å². The van der Waals surface area contributed by atoms with Crippen molar-refractivity contribution in [2.24, 2.45) is 5.10 Å². The summed E-state index contributed by atoms with van der Waals surface area (Å²) in [5.41, 5.74) is 1.33. The quantitative estimate of drug-likeness (QED) is 0.113. The van der Waals surface area contributed by atoms with Crippen molar-refractivity contribution in [2.75, 3.05) is 10.1 Å². The lowest BCUT2D eigenvalue weighted by atomic mass is 10.1. The first-order valence-corrected chi connectivity index (χ1v) is 11.0. The zero-order chi connectivity index (χ0) is 26.1. The predicted octanol–water partition coefficient (Wildman–Crippen LogP) is 5.15. The Hall–Kier alpha value is -4.07. The molecule has 0 saturated carbocycles. The second-order valence-electron chi connectivity index (χ2n) is 7.22. The Morgan fingerprint density at radius 3 is 2.03 bits per heavy atom. The largest absolute Gasteiger partial charge is 0.279 e. The standard InChI is InChI=1S/C21H15F5N4O4S/c1-10-3-5-14(11(2)7-10)29-35(33,34)16-8-12(30(31)32)4-6-15(16)28-27-9-13-17(22)19(24)21(26)20(25)18(13)23/h3-9,28-29H,1-2H3/b27-9+. The molecule has 184 valence electrons. The van der Waals surface area contributed by atoms with Gasteiger partial charge in [-0.15, -0.1) is 0 Å². The van der Waals surface area contributed by atoms with Crippen LogP contribution in [0, 0.1) is 53.0 Å². The fourth-order valence-electron chi connectivity index (χ4n) is 2.97. The summed E-state index contributed by atoms with van der Waals surface area (Å²) >= 11 is 0. The van der Waals surface area contributed by atoms with Gasteiger partial charge in [0.25, 0.3) is 15.7 Å². The molecule has 0 radical (unpaired) electrons. The van der Waals surface area contributed by atoms with Crippen LogP contribution in [0.5, 0.6) is 0 Å². The molecule has 3 aromatic carbocycles. The summed E-state index contributed by atoms with van der Waals surface area (Å²) in [6, 6.07) is 7.39. The van der Waals surface area contributed by atoms with Crippen molar-refractivity contribution in [3.05, 3.63) is 92.3 Å². The number of anilines is 2. The molecule has 0 atom stereocenters. The Morgan fingerprint density at radius 2 is 1.46 bits per heavy atom.